The van der Waals surface area contributed by atoms with Gasteiger partial charge in [0.05, 0.1) is 6.04 Å². The van der Waals surface area contributed by atoms with E-state index in [0.29, 0.717) is 5.92 Å². The highest BCUT2D eigenvalue weighted by Crippen LogP contribution is 2.44. The number of piperazine rings is 1. The third-order valence-corrected chi connectivity index (χ3v) is 7.28. The molecule has 0 aromatic carbocycles. The van der Waals surface area contributed by atoms with Gasteiger partial charge in [0.2, 0.25) is 0 Å². The highest BCUT2D eigenvalue weighted by Gasteiger charge is 2.51. The molecule has 0 bridgehead atoms. The lowest BCUT2D eigenvalue weighted by Crippen LogP contribution is -2.58. The Kier molecular flexibility index (Phi) is 5.09. The van der Waals surface area contributed by atoms with Gasteiger partial charge in [-0.3, -0.25) is 0 Å². The zero-order valence-electron chi connectivity index (χ0n) is 16.6. The Morgan fingerprint density at radius 1 is 0.964 bits per heavy atom. The van der Waals surface area contributed by atoms with Crippen LogP contribution in [0.2, 0.25) is 0 Å². The van der Waals surface area contributed by atoms with Crippen LogP contribution in [0.4, 0.5) is 10.6 Å². The van der Waals surface area contributed by atoms with Crippen LogP contribution in [0.3, 0.4) is 0 Å². The number of nitrogens with zero attached hydrogens (tertiary/aromatic N) is 5. The number of anilines is 1. The van der Waals surface area contributed by atoms with Crippen molar-refractivity contribution in [2.75, 3.05) is 31.1 Å². The fourth-order valence-electron chi connectivity index (χ4n) is 5.91. The number of rotatable bonds is 3. The van der Waals surface area contributed by atoms with E-state index in [1.807, 2.05) is 11.1 Å². The van der Waals surface area contributed by atoms with Crippen LogP contribution in [0.5, 0.6) is 0 Å². The van der Waals surface area contributed by atoms with Crippen LogP contribution in [-0.2, 0) is 4.74 Å². The molecule has 1 aromatic rings. The Morgan fingerprint density at radius 3 is 2.54 bits per heavy atom. The summed E-state index contributed by atoms with van der Waals surface area (Å²) in [6.45, 7) is 3.39. The summed E-state index contributed by atoms with van der Waals surface area (Å²) in [5.41, 5.74) is 0. The Bertz CT molecular complexity index is 673. The normalized spacial score (nSPS) is 32.3. The van der Waals surface area contributed by atoms with Crippen molar-refractivity contribution < 1.29 is 9.53 Å². The molecule has 0 spiro atoms. The number of fused-ring (bicyclic) bond motifs is 1. The van der Waals surface area contributed by atoms with Gasteiger partial charge >= 0.3 is 6.09 Å². The molecule has 4 aliphatic rings. The smallest absolute Gasteiger partial charge is 0.425 e. The molecule has 152 valence electrons. The van der Waals surface area contributed by atoms with E-state index in [1.54, 1.807) is 12.5 Å². The molecular formula is C21H31N5O2. The van der Waals surface area contributed by atoms with E-state index in [4.69, 9.17) is 4.74 Å². The molecule has 4 fully saturated rings. The molecule has 7 nitrogen and oxygen atoms in total. The van der Waals surface area contributed by atoms with E-state index in [2.05, 4.69) is 19.9 Å². The Morgan fingerprint density at radius 2 is 1.79 bits per heavy atom. The molecule has 0 N–H and O–H groups in total. The minimum absolute atomic E-state index is 0.101. The van der Waals surface area contributed by atoms with E-state index >= 15 is 0 Å². The fraction of sp³-hybridized carbons (Fsp3) is 0.762. The van der Waals surface area contributed by atoms with Gasteiger partial charge < -0.3 is 9.64 Å². The fourth-order valence-corrected chi connectivity index (χ4v) is 5.91. The predicted molar refractivity (Wildman–Crippen MR) is 106 cm³/mol. The highest BCUT2D eigenvalue weighted by molar-refractivity contribution is 5.70. The first-order valence-corrected chi connectivity index (χ1v) is 11.1. The van der Waals surface area contributed by atoms with E-state index in [1.165, 1.54) is 44.9 Å². The summed E-state index contributed by atoms with van der Waals surface area (Å²) in [6.07, 6.45) is 13.6. The lowest BCUT2D eigenvalue weighted by molar-refractivity contribution is -0.0305. The maximum absolute atomic E-state index is 12.8. The molecule has 3 atom stereocenters. The van der Waals surface area contributed by atoms with Gasteiger partial charge in [-0.1, -0.05) is 38.5 Å². The third-order valence-electron chi connectivity index (χ3n) is 7.28. The standard InChI is InChI=1S/C21H31N5O2/c27-21-26(25-13-11-24(12-14-25)19-9-10-22-15-23-19)18-8-4-7-17(20(18)28-21)16-5-2-1-3-6-16/h9-10,15-18,20H,1-8,11-14H2. The third kappa shape index (κ3) is 3.34. The molecule has 3 unspecified atom stereocenters. The topological polar surface area (TPSA) is 61.8 Å². The first-order valence-electron chi connectivity index (χ1n) is 11.1. The van der Waals surface area contributed by atoms with E-state index in [0.717, 1.165) is 44.3 Å². The molecule has 0 radical (unpaired) electrons. The van der Waals surface area contributed by atoms with Gasteiger partial charge in [-0.2, -0.15) is 0 Å². The molecule has 2 aliphatic carbocycles. The minimum atomic E-state index is -0.117. The van der Waals surface area contributed by atoms with Gasteiger partial charge in [0.1, 0.15) is 18.2 Å². The number of amides is 1. The molecule has 28 heavy (non-hydrogen) atoms. The van der Waals surface area contributed by atoms with Crippen molar-refractivity contribution >= 4 is 11.9 Å². The number of hydrogen-bond donors (Lipinski definition) is 0. The lowest BCUT2D eigenvalue weighted by atomic mass is 9.70. The summed E-state index contributed by atoms with van der Waals surface area (Å²) in [4.78, 5) is 23.5. The summed E-state index contributed by atoms with van der Waals surface area (Å²) >= 11 is 0. The maximum Gasteiger partial charge on any atom is 0.425 e. The maximum atomic E-state index is 12.8. The molecule has 1 aromatic heterocycles. The van der Waals surface area contributed by atoms with Crippen LogP contribution in [0.25, 0.3) is 0 Å². The molecule has 3 heterocycles. The van der Waals surface area contributed by atoms with Gasteiger partial charge in [-0.15, -0.1) is 0 Å². The first-order chi connectivity index (χ1) is 13.8. The van der Waals surface area contributed by atoms with Crippen molar-refractivity contribution in [3.8, 4) is 0 Å². The molecule has 1 amide bonds. The first kappa shape index (κ1) is 18.2. The molecule has 2 saturated carbocycles. The van der Waals surface area contributed by atoms with E-state index in [9.17, 15) is 4.79 Å². The van der Waals surface area contributed by atoms with E-state index in [-0.39, 0.29) is 18.2 Å². The van der Waals surface area contributed by atoms with Crippen molar-refractivity contribution in [1.29, 1.82) is 0 Å². The van der Waals surface area contributed by atoms with Crippen molar-refractivity contribution in [3.05, 3.63) is 18.6 Å². The zero-order chi connectivity index (χ0) is 18.9. The second-order valence-electron chi connectivity index (χ2n) is 8.76. The predicted octanol–water partition coefficient (Wildman–Crippen LogP) is 3.08. The zero-order valence-corrected chi connectivity index (χ0v) is 16.6. The number of carbonyl (C=O) groups is 1. The van der Waals surface area contributed by atoms with Crippen LogP contribution >= 0.6 is 0 Å². The van der Waals surface area contributed by atoms with Crippen LogP contribution in [0.15, 0.2) is 18.6 Å². The number of carbonyl (C=O) groups excluding carboxylic acids is 1. The van der Waals surface area contributed by atoms with Crippen LogP contribution in [0.1, 0.15) is 51.4 Å². The van der Waals surface area contributed by atoms with Gasteiger partial charge in [-0.05, 0) is 24.8 Å². The number of hydrogen-bond acceptors (Lipinski definition) is 6. The van der Waals surface area contributed by atoms with Gasteiger partial charge in [-0.25, -0.2) is 24.8 Å². The summed E-state index contributed by atoms with van der Waals surface area (Å²) in [5.74, 6) is 2.28. The molecule has 7 heteroatoms. The van der Waals surface area contributed by atoms with Crippen LogP contribution in [-0.4, -0.2) is 64.4 Å². The summed E-state index contributed by atoms with van der Waals surface area (Å²) in [6, 6.07) is 2.19. The summed E-state index contributed by atoms with van der Waals surface area (Å²) in [7, 11) is 0. The quantitative estimate of drug-likeness (QED) is 0.797. The van der Waals surface area contributed by atoms with Crippen LogP contribution < -0.4 is 4.90 Å². The largest absolute Gasteiger partial charge is 0.443 e. The molecular weight excluding hydrogens is 354 g/mol. The number of ether oxygens (including phenoxy) is 1. The monoisotopic (exact) mass is 385 g/mol. The number of hydrazine groups is 1. The van der Waals surface area contributed by atoms with Gasteiger partial charge in [0, 0.05) is 38.3 Å². The number of aromatic nitrogens is 2. The SMILES string of the molecule is O=C1OC2C(C3CCCCC3)CCCC2N1N1CCN(c2ccncn2)CC1. The average Bonchev–Trinajstić information content (AvgIpc) is 3.11. The van der Waals surface area contributed by atoms with Crippen molar-refractivity contribution in [3.63, 3.8) is 0 Å². The van der Waals surface area contributed by atoms with Gasteiger partial charge in [0.25, 0.3) is 0 Å². The van der Waals surface area contributed by atoms with Crippen molar-refractivity contribution in [2.45, 2.75) is 63.5 Å². The van der Waals surface area contributed by atoms with E-state index < -0.39 is 0 Å². The second-order valence-corrected chi connectivity index (χ2v) is 8.76. The highest BCUT2D eigenvalue weighted by atomic mass is 16.6. The Hall–Kier alpha value is -1.89. The minimum Gasteiger partial charge on any atom is -0.443 e. The Labute approximate surface area is 167 Å². The second kappa shape index (κ2) is 7.85. The molecule has 2 saturated heterocycles. The molecule has 2 aliphatic heterocycles. The Balaban J connectivity index is 1.25. The summed E-state index contributed by atoms with van der Waals surface area (Å²) in [5, 5.41) is 4.21. The molecule has 5 rings (SSSR count). The van der Waals surface area contributed by atoms with Crippen molar-refractivity contribution in [2.24, 2.45) is 11.8 Å². The average molecular weight is 386 g/mol. The van der Waals surface area contributed by atoms with Gasteiger partial charge in [0.15, 0.2) is 0 Å². The lowest BCUT2D eigenvalue weighted by Gasteiger charge is -2.44. The van der Waals surface area contributed by atoms with Crippen molar-refractivity contribution in [1.82, 2.24) is 20.0 Å². The van der Waals surface area contributed by atoms with Crippen LogP contribution in [0, 0.1) is 11.8 Å². The summed E-state index contributed by atoms with van der Waals surface area (Å²) < 4.78 is 6.02.